The van der Waals surface area contributed by atoms with E-state index in [2.05, 4.69) is 5.32 Å². The molecule has 0 aliphatic heterocycles. The quantitative estimate of drug-likeness (QED) is 0.754. The van der Waals surface area contributed by atoms with Gasteiger partial charge in [0.05, 0.1) is 18.8 Å². The van der Waals surface area contributed by atoms with E-state index in [-0.39, 0.29) is 5.91 Å². The third kappa shape index (κ3) is 3.32. The fourth-order valence-electron chi connectivity index (χ4n) is 2.04. The molecule has 21 heavy (non-hydrogen) atoms. The van der Waals surface area contributed by atoms with Crippen molar-refractivity contribution in [1.29, 1.82) is 0 Å². The molecule has 0 fully saturated rings. The Kier molecular flexibility index (Phi) is 4.45. The highest BCUT2D eigenvalue weighted by Gasteiger charge is 2.14. The Morgan fingerprint density at radius 2 is 2.00 bits per heavy atom. The first kappa shape index (κ1) is 14.9. The number of amides is 1. The van der Waals surface area contributed by atoms with Gasteiger partial charge in [-0.3, -0.25) is 4.79 Å². The van der Waals surface area contributed by atoms with Crippen molar-refractivity contribution in [2.75, 3.05) is 18.2 Å². The van der Waals surface area contributed by atoms with Crippen LogP contribution in [0, 0.1) is 0 Å². The lowest BCUT2D eigenvalue weighted by Crippen LogP contribution is -2.15. The first-order valence-electron chi connectivity index (χ1n) is 6.54. The fraction of sp³-hybridized carbons (Fsp3) is 0.188. The third-order valence-corrected chi connectivity index (χ3v) is 3.16. The number of nitrogen functional groups attached to an aromatic ring is 1. The number of carbonyl (C=O) groups is 1. The summed E-state index contributed by atoms with van der Waals surface area (Å²) in [6.45, 7) is 1.65. The van der Waals surface area contributed by atoms with Gasteiger partial charge in [-0.25, -0.2) is 0 Å². The van der Waals surface area contributed by atoms with Gasteiger partial charge in [-0.05, 0) is 25.1 Å². The fourth-order valence-corrected chi connectivity index (χ4v) is 2.04. The maximum absolute atomic E-state index is 12.3. The lowest BCUT2D eigenvalue weighted by atomic mass is 10.1. The average Bonchev–Trinajstić information content (AvgIpc) is 2.47. The van der Waals surface area contributed by atoms with Crippen LogP contribution in [0.25, 0.3) is 0 Å². The van der Waals surface area contributed by atoms with Crippen LogP contribution in [0.2, 0.25) is 0 Å². The summed E-state index contributed by atoms with van der Waals surface area (Å²) in [5.41, 5.74) is 7.76. The lowest BCUT2D eigenvalue weighted by Gasteiger charge is -2.14. The predicted octanol–water partition coefficient (Wildman–Crippen LogP) is 2.58. The number of nitrogens with one attached hydrogen (secondary N) is 1. The summed E-state index contributed by atoms with van der Waals surface area (Å²) in [5.74, 6) is 0.261. The number of aliphatic hydroxyl groups excluding tert-OH is 1. The summed E-state index contributed by atoms with van der Waals surface area (Å²) < 4.78 is 5.05. The zero-order valence-corrected chi connectivity index (χ0v) is 12.0. The van der Waals surface area contributed by atoms with Crippen molar-refractivity contribution < 1.29 is 14.6 Å². The number of hydrogen-bond donors (Lipinski definition) is 3. The van der Waals surface area contributed by atoms with E-state index in [9.17, 15) is 9.90 Å². The molecule has 1 atom stereocenters. The molecular formula is C16H18N2O3. The molecule has 110 valence electrons. The maximum atomic E-state index is 12.3. The van der Waals surface area contributed by atoms with E-state index in [1.165, 1.54) is 7.11 Å². The van der Waals surface area contributed by atoms with Gasteiger partial charge in [0.2, 0.25) is 0 Å². The molecule has 0 radical (unpaired) electrons. The number of nitrogens with two attached hydrogens (primary N) is 1. The van der Waals surface area contributed by atoms with E-state index in [0.29, 0.717) is 28.3 Å². The van der Waals surface area contributed by atoms with Gasteiger partial charge >= 0.3 is 0 Å². The molecule has 2 aromatic rings. The van der Waals surface area contributed by atoms with E-state index in [1.807, 2.05) is 0 Å². The Bertz CT molecular complexity index is 654. The van der Waals surface area contributed by atoms with Crippen molar-refractivity contribution >= 4 is 17.3 Å². The average molecular weight is 286 g/mol. The summed E-state index contributed by atoms with van der Waals surface area (Å²) in [5, 5.41) is 12.5. The highest BCUT2D eigenvalue weighted by atomic mass is 16.5. The Labute approximate surface area is 123 Å². The van der Waals surface area contributed by atoms with Crippen LogP contribution in [0.3, 0.4) is 0 Å². The van der Waals surface area contributed by atoms with Crippen molar-refractivity contribution in [2.24, 2.45) is 0 Å². The van der Waals surface area contributed by atoms with Crippen LogP contribution in [0.15, 0.2) is 42.5 Å². The highest BCUT2D eigenvalue weighted by Crippen LogP contribution is 2.25. The van der Waals surface area contributed by atoms with Gasteiger partial charge in [0.15, 0.2) is 0 Å². The summed E-state index contributed by atoms with van der Waals surface area (Å²) in [6, 6.07) is 12.0. The van der Waals surface area contributed by atoms with Crippen LogP contribution >= 0.6 is 0 Å². The van der Waals surface area contributed by atoms with Crippen LogP contribution in [0.1, 0.15) is 28.9 Å². The van der Waals surface area contributed by atoms with Crippen molar-refractivity contribution in [3.63, 3.8) is 0 Å². The molecule has 0 aliphatic rings. The predicted molar refractivity (Wildman–Crippen MR) is 82.4 cm³/mol. The molecular weight excluding hydrogens is 268 g/mol. The normalized spacial score (nSPS) is 11.8. The van der Waals surface area contributed by atoms with Gasteiger partial charge < -0.3 is 20.9 Å². The third-order valence-electron chi connectivity index (χ3n) is 3.16. The zero-order chi connectivity index (χ0) is 15.4. The summed E-state index contributed by atoms with van der Waals surface area (Å²) in [6.07, 6.45) is -0.672. The minimum atomic E-state index is -0.672. The molecule has 0 bridgehead atoms. The number of benzene rings is 2. The van der Waals surface area contributed by atoms with Gasteiger partial charge in [-0.1, -0.05) is 18.2 Å². The highest BCUT2D eigenvalue weighted by molar-refractivity contribution is 6.08. The van der Waals surface area contributed by atoms with Crippen LogP contribution in [-0.2, 0) is 0 Å². The molecule has 5 heteroatoms. The maximum Gasteiger partial charge on any atom is 0.257 e. The molecule has 0 aromatic heterocycles. The van der Waals surface area contributed by atoms with E-state index >= 15 is 0 Å². The van der Waals surface area contributed by atoms with Crippen LogP contribution < -0.4 is 15.8 Å². The van der Waals surface area contributed by atoms with Gasteiger partial charge in [0.1, 0.15) is 5.75 Å². The second-order valence-electron chi connectivity index (χ2n) is 4.67. The van der Waals surface area contributed by atoms with Crippen LogP contribution in [0.5, 0.6) is 5.75 Å². The molecule has 1 amide bonds. The standard InChI is InChI=1S/C16H18N2O3/c1-10(19)12-5-3-4-6-15(12)18-16(20)13-8-7-11(21-2)9-14(13)17/h3-10,19H,17H2,1-2H3,(H,18,20). The molecule has 0 saturated carbocycles. The van der Waals surface area contributed by atoms with E-state index in [0.717, 1.165) is 0 Å². The Morgan fingerprint density at radius 3 is 2.62 bits per heavy atom. The largest absolute Gasteiger partial charge is 0.497 e. The van der Waals surface area contributed by atoms with Crippen molar-refractivity contribution in [1.82, 2.24) is 0 Å². The number of para-hydroxylation sites is 1. The van der Waals surface area contributed by atoms with Crippen molar-refractivity contribution in [3.8, 4) is 5.75 Å². The second kappa shape index (κ2) is 6.28. The number of anilines is 2. The molecule has 0 heterocycles. The van der Waals surface area contributed by atoms with Crippen molar-refractivity contribution in [3.05, 3.63) is 53.6 Å². The van der Waals surface area contributed by atoms with E-state index in [1.54, 1.807) is 49.4 Å². The Morgan fingerprint density at radius 1 is 1.29 bits per heavy atom. The van der Waals surface area contributed by atoms with Gasteiger partial charge in [-0.15, -0.1) is 0 Å². The number of carbonyl (C=O) groups excluding carboxylic acids is 1. The number of rotatable bonds is 4. The zero-order valence-electron chi connectivity index (χ0n) is 12.0. The number of methoxy groups -OCH3 is 1. The number of aliphatic hydroxyl groups is 1. The van der Waals surface area contributed by atoms with Crippen LogP contribution in [-0.4, -0.2) is 18.1 Å². The smallest absolute Gasteiger partial charge is 0.257 e. The number of hydrogen-bond acceptors (Lipinski definition) is 4. The molecule has 2 aromatic carbocycles. The summed E-state index contributed by atoms with van der Waals surface area (Å²) in [4.78, 5) is 12.3. The first-order valence-corrected chi connectivity index (χ1v) is 6.54. The van der Waals surface area contributed by atoms with Crippen LogP contribution in [0.4, 0.5) is 11.4 Å². The minimum absolute atomic E-state index is 0.330. The Hall–Kier alpha value is -2.53. The molecule has 4 N–H and O–H groups in total. The van der Waals surface area contributed by atoms with Gasteiger partial charge in [0.25, 0.3) is 5.91 Å². The molecule has 0 aliphatic carbocycles. The summed E-state index contributed by atoms with van der Waals surface area (Å²) >= 11 is 0. The van der Waals surface area contributed by atoms with E-state index < -0.39 is 6.10 Å². The number of ether oxygens (including phenoxy) is 1. The SMILES string of the molecule is COc1ccc(C(=O)Nc2ccccc2C(C)O)c(N)c1. The first-order chi connectivity index (χ1) is 10.0. The monoisotopic (exact) mass is 286 g/mol. The lowest BCUT2D eigenvalue weighted by molar-refractivity contribution is 0.102. The molecule has 5 nitrogen and oxygen atoms in total. The summed E-state index contributed by atoms with van der Waals surface area (Å²) in [7, 11) is 1.54. The second-order valence-corrected chi connectivity index (χ2v) is 4.67. The van der Waals surface area contributed by atoms with Crippen molar-refractivity contribution in [2.45, 2.75) is 13.0 Å². The Balaban J connectivity index is 2.26. The van der Waals surface area contributed by atoms with Gasteiger partial charge in [-0.2, -0.15) is 0 Å². The molecule has 1 unspecified atom stereocenters. The molecule has 0 spiro atoms. The minimum Gasteiger partial charge on any atom is -0.497 e. The topological polar surface area (TPSA) is 84.6 Å². The molecule has 2 rings (SSSR count). The van der Waals surface area contributed by atoms with Gasteiger partial charge in [0, 0.05) is 23.0 Å². The van der Waals surface area contributed by atoms with E-state index in [4.69, 9.17) is 10.5 Å². The molecule has 0 saturated heterocycles.